The van der Waals surface area contributed by atoms with E-state index in [1.807, 2.05) is 6.07 Å². The number of hydrogen-bond donors (Lipinski definition) is 0. The second-order valence-electron chi connectivity index (χ2n) is 7.02. The molecule has 0 bridgehead atoms. The number of halogens is 1. The summed E-state index contributed by atoms with van der Waals surface area (Å²) in [5, 5.41) is 4.39. The summed E-state index contributed by atoms with van der Waals surface area (Å²) in [5.74, 6) is -0.237. The van der Waals surface area contributed by atoms with Crippen LogP contribution in [0.5, 0.6) is 0 Å². The molecule has 1 aliphatic rings. The summed E-state index contributed by atoms with van der Waals surface area (Å²) in [7, 11) is 0. The Balaban J connectivity index is 1.49. The zero-order chi connectivity index (χ0) is 19.4. The van der Waals surface area contributed by atoms with Crippen molar-refractivity contribution < 1.29 is 14.0 Å². The van der Waals surface area contributed by atoms with Crippen molar-refractivity contribution in [2.45, 2.75) is 25.7 Å². The van der Waals surface area contributed by atoms with Crippen LogP contribution in [0.3, 0.4) is 0 Å². The average Bonchev–Trinajstić information content (AvgIpc) is 2.74. The number of hydrogen-bond acceptors (Lipinski definition) is 4. The minimum Gasteiger partial charge on any atom is -0.396 e. The largest absolute Gasteiger partial charge is 0.396 e. The number of rotatable bonds is 10. The fraction of sp³-hybridized carbons (Fsp3) is 0.435. The molecule has 0 saturated carbocycles. The van der Waals surface area contributed by atoms with E-state index >= 15 is 0 Å². The highest BCUT2D eigenvalue weighted by Gasteiger charge is 2.10. The topological polar surface area (TPSA) is 34.1 Å². The van der Waals surface area contributed by atoms with Gasteiger partial charge < -0.3 is 9.57 Å². The van der Waals surface area contributed by atoms with E-state index in [1.165, 1.54) is 17.7 Å². The fourth-order valence-corrected chi connectivity index (χ4v) is 3.29. The average molecular weight is 384 g/mol. The molecule has 5 heteroatoms. The van der Waals surface area contributed by atoms with Crippen LogP contribution in [0, 0.1) is 5.82 Å². The maximum absolute atomic E-state index is 13.3. The van der Waals surface area contributed by atoms with Gasteiger partial charge in [-0.25, -0.2) is 4.39 Å². The Morgan fingerprint density at radius 2 is 1.75 bits per heavy atom. The van der Waals surface area contributed by atoms with Crippen LogP contribution in [0.1, 0.15) is 30.4 Å². The van der Waals surface area contributed by atoms with Crippen molar-refractivity contribution in [3.05, 3.63) is 71.5 Å². The van der Waals surface area contributed by atoms with Gasteiger partial charge in [-0.1, -0.05) is 47.6 Å². The van der Waals surface area contributed by atoms with Crippen molar-refractivity contribution in [2.24, 2.45) is 5.16 Å². The molecule has 1 saturated heterocycles. The Labute approximate surface area is 166 Å². The van der Waals surface area contributed by atoms with Crippen molar-refractivity contribution >= 4 is 5.71 Å². The molecule has 1 aliphatic heterocycles. The third kappa shape index (κ3) is 7.06. The molecule has 150 valence electrons. The Morgan fingerprint density at radius 1 is 1.00 bits per heavy atom. The highest BCUT2D eigenvalue weighted by atomic mass is 19.1. The molecule has 0 unspecified atom stereocenters. The predicted molar refractivity (Wildman–Crippen MR) is 110 cm³/mol. The first-order valence-corrected chi connectivity index (χ1v) is 10.1. The van der Waals surface area contributed by atoms with Gasteiger partial charge in [-0.3, -0.25) is 4.90 Å². The second-order valence-corrected chi connectivity index (χ2v) is 7.02. The van der Waals surface area contributed by atoms with E-state index in [4.69, 9.17) is 9.57 Å². The Kier molecular flexibility index (Phi) is 8.47. The van der Waals surface area contributed by atoms with Crippen molar-refractivity contribution in [1.82, 2.24) is 4.90 Å². The maximum atomic E-state index is 13.3. The predicted octanol–water partition coefficient (Wildman–Crippen LogP) is 4.29. The zero-order valence-corrected chi connectivity index (χ0v) is 16.4. The van der Waals surface area contributed by atoms with Crippen molar-refractivity contribution in [3.63, 3.8) is 0 Å². The minimum absolute atomic E-state index is 0.237. The molecule has 0 spiro atoms. The highest BCUT2D eigenvalue weighted by Crippen LogP contribution is 2.12. The number of nitrogens with zero attached hydrogens (tertiary/aromatic N) is 2. The number of benzene rings is 2. The molecule has 0 atom stereocenters. The van der Waals surface area contributed by atoms with E-state index in [0.29, 0.717) is 6.61 Å². The molecule has 0 aromatic heterocycles. The molecule has 4 nitrogen and oxygen atoms in total. The molecule has 3 rings (SSSR count). The van der Waals surface area contributed by atoms with Gasteiger partial charge in [0.25, 0.3) is 0 Å². The van der Waals surface area contributed by atoms with Gasteiger partial charge in [-0.05, 0) is 48.9 Å². The molecule has 1 fully saturated rings. The summed E-state index contributed by atoms with van der Waals surface area (Å²) in [6, 6.07) is 16.9. The van der Waals surface area contributed by atoms with E-state index in [9.17, 15) is 4.39 Å². The summed E-state index contributed by atoms with van der Waals surface area (Å²) in [4.78, 5) is 8.00. The van der Waals surface area contributed by atoms with E-state index in [-0.39, 0.29) is 5.82 Å². The van der Waals surface area contributed by atoms with Crippen LogP contribution in [0.15, 0.2) is 59.8 Å². The molecule has 28 heavy (non-hydrogen) atoms. The Bertz CT molecular complexity index is 713. The van der Waals surface area contributed by atoms with Crippen molar-refractivity contribution in [2.75, 3.05) is 39.5 Å². The molecule has 0 radical (unpaired) electrons. The summed E-state index contributed by atoms with van der Waals surface area (Å²) >= 11 is 0. The van der Waals surface area contributed by atoms with Gasteiger partial charge in [0.05, 0.1) is 18.9 Å². The highest BCUT2D eigenvalue weighted by molar-refractivity contribution is 6.00. The van der Waals surface area contributed by atoms with Gasteiger partial charge in [0, 0.05) is 19.6 Å². The lowest BCUT2D eigenvalue weighted by Gasteiger charge is -2.26. The van der Waals surface area contributed by atoms with Crippen LogP contribution < -0.4 is 0 Å². The quantitative estimate of drug-likeness (QED) is 0.348. The third-order valence-electron chi connectivity index (χ3n) is 4.89. The summed E-state index contributed by atoms with van der Waals surface area (Å²) in [5.41, 5.74) is 3.11. The lowest BCUT2D eigenvalue weighted by atomic mass is 10.0. The summed E-state index contributed by atoms with van der Waals surface area (Å²) in [6.45, 7) is 5.19. The minimum atomic E-state index is -0.237. The first-order valence-electron chi connectivity index (χ1n) is 10.1. The number of morpholine rings is 1. The Hall–Kier alpha value is -2.24. The molecule has 0 aliphatic carbocycles. The number of oxime groups is 1. The maximum Gasteiger partial charge on any atom is 0.123 e. The molecular weight excluding hydrogens is 355 g/mol. The van der Waals surface area contributed by atoms with Crippen LogP contribution in [-0.4, -0.2) is 50.1 Å². The van der Waals surface area contributed by atoms with Gasteiger partial charge in [-0.15, -0.1) is 0 Å². The van der Waals surface area contributed by atoms with Crippen molar-refractivity contribution in [3.8, 4) is 0 Å². The van der Waals surface area contributed by atoms with Crippen LogP contribution in [0.2, 0.25) is 0 Å². The smallest absolute Gasteiger partial charge is 0.123 e. The van der Waals surface area contributed by atoms with E-state index in [0.717, 1.165) is 69.8 Å². The van der Waals surface area contributed by atoms with Gasteiger partial charge in [0.15, 0.2) is 0 Å². The fourth-order valence-electron chi connectivity index (χ4n) is 3.29. The van der Waals surface area contributed by atoms with Crippen molar-refractivity contribution in [1.29, 1.82) is 0 Å². The van der Waals surface area contributed by atoms with Gasteiger partial charge in [0.1, 0.15) is 12.4 Å². The van der Waals surface area contributed by atoms with Crippen LogP contribution in [0.25, 0.3) is 0 Å². The Morgan fingerprint density at radius 3 is 2.50 bits per heavy atom. The molecule has 2 aromatic rings. The summed E-state index contributed by atoms with van der Waals surface area (Å²) < 4.78 is 18.6. The molecule has 2 aromatic carbocycles. The molecular formula is C23H29FN2O2. The SMILES string of the molecule is Fc1ccc(/C(CCCc2ccccc2)=N/OCCCN2CCOCC2)cc1. The normalized spacial score (nSPS) is 15.5. The third-order valence-corrected chi connectivity index (χ3v) is 4.89. The van der Waals surface area contributed by atoms with Crippen LogP contribution in [-0.2, 0) is 16.0 Å². The lowest BCUT2D eigenvalue weighted by molar-refractivity contribution is 0.0322. The van der Waals surface area contributed by atoms with E-state index < -0.39 is 0 Å². The molecule has 1 heterocycles. The monoisotopic (exact) mass is 384 g/mol. The van der Waals surface area contributed by atoms with Gasteiger partial charge >= 0.3 is 0 Å². The zero-order valence-electron chi connectivity index (χ0n) is 16.4. The van der Waals surface area contributed by atoms with Crippen LogP contribution in [0.4, 0.5) is 4.39 Å². The number of aryl methyl sites for hydroxylation is 1. The van der Waals surface area contributed by atoms with Gasteiger partial charge in [-0.2, -0.15) is 0 Å². The molecule has 0 amide bonds. The first-order chi connectivity index (χ1) is 13.8. The van der Waals surface area contributed by atoms with E-state index in [1.54, 1.807) is 12.1 Å². The molecule has 0 N–H and O–H groups in total. The standard InChI is InChI=1S/C23H29FN2O2/c24-22-12-10-21(11-13-22)23(9-4-8-20-6-2-1-3-7-20)25-28-17-5-14-26-15-18-27-19-16-26/h1-3,6-7,10-13H,4-5,8-9,14-19H2/b25-23+. The lowest BCUT2D eigenvalue weighted by Crippen LogP contribution is -2.37. The van der Waals surface area contributed by atoms with Crippen LogP contribution >= 0.6 is 0 Å². The van der Waals surface area contributed by atoms with Gasteiger partial charge in [0.2, 0.25) is 0 Å². The first kappa shape index (κ1) is 20.5. The van der Waals surface area contributed by atoms with E-state index in [2.05, 4.69) is 34.3 Å². The summed E-state index contributed by atoms with van der Waals surface area (Å²) in [6.07, 6.45) is 3.68. The number of ether oxygens (including phenoxy) is 1. The second kappa shape index (κ2) is 11.6.